The molecule has 0 fully saturated rings. The Balaban J connectivity index is 2.71. The van der Waals surface area contributed by atoms with Crippen LogP contribution in [0.2, 0.25) is 0 Å². The van der Waals surface area contributed by atoms with E-state index in [1.165, 1.54) is 11.3 Å². The van der Waals surface area contributed by atoms with E-state index in [1.54, 1.807) is 0 Å². The lowest BCUT2D eigenvalue weighted by molar-refractivity contribution is 0.555. The topological polar surface area (TPSA) is 15.3 Å². The van der Waals surface area contributed by atoms with Gasteiger partial charge in [-0.05, 0) is 38.9 Å². The molecule has 2 nitrogen and oxygen atoms in total. The predicted octanol–water partition coefficient (Wildman–Crippen LogP) is 2.82. The molecule has 0 bridgehead atoms. The maximum Gasteiger partial charge on any atom is 0.0396 e. The number of benzene rings is 1. The summed E-state index contributed by atoms with van der Waals surface area (Å²) in [7, 11) is 0. The maximum absolute atomic E-state index is 3.46. The van der Waals surface area contributed by atoms with Gasteiger partial charge in [0.25, 0.3) is 0 Å². The Kier molecular flexibility index (Phi) is 5.33. The third-order valence-electron chi connectivity index (χ3n) is 2.88. The fraction of sp³-hybridized carbons (Fsp3) is 0.571. The van der Waals surface area contributed by atoms with Gasteiger partial charge in [-0.25, -0.2) is 0 Å². The molecule has 0 spiro atoms. The first-order valence-corrected chi connectivity index (χ1v) is 6.23. The Bertz CT molecular complexity index is 309. The third kappa shape index (κ3) is 3.53. The van der Waals surface area contributed by atoms with Gasteiger partial charge in [0.05, 0.1) is 0 Å². The molecule has 1 N–H and O–H groups in total. The lowest BCUT2D eigenvalue weighted by Gasteiger charge is -2.28. The van der Waals surface area contributed by atoms with Gasteiger partial charge in [0, 0.05) is 24.8 Å². The second-order valence-electron chi connectivity index (χ2n) is 4.28. The van der Waals surface area contributed by atoms with E-state index in [-0.39, 0.29) is 0 Å². The number of likely N-dealkylation sites (N-methyl/N-ethyl adjacent to an activating group) is 2. The van der Waals surface area contributed by atoms with Crippen molar-refractivity contribution in [2.24, 2.45) is 0 Å². The van der Waals surface area contributed by atoms with Gasteiger partial charge in [0.15, 0.2) is 0 Å². The first kappa shape index (κ1) is 13.0. The molecule has 0 radical (unpaired) electrons. The van der Waals surface area contributed by atoms with Crippen molar-refractivity contribution in [3.05, 3.63) is 29.8 Å². The van der Waals surface area contributed by atoms with E-state index in [9.17, 15) is 0 Å². The van der Waals surface area contributed by atoms with E-state index in [4.69, 9.17) is 0 Å². The Morgan fingerprint density at radius 2 is 1.94 bits per heavy atom. The predicted molar refractivity (Wildman–Crippen MR) is 72.2 cm³/mol. The number of hydrogen-bond donors (Lipinski definition) is 1. The number of para-hydroxylation sites is 1. The molecule has 1 atom stereocenters. The van der Waals surface area contributed by atoms with Gasteiger partial charge in [-0.15, -0.1) is 0 Å². The number of hydrogen-bond acceptors (Lipinski definition) is 2. The Morgan fingerprint density at radius 1 is 1.25 bits per heavy atom. The van der Waals surface area contributed by atoms with Gasteiger partial charge in [-0.1, -0.05) is 25.1 Å². The molecule has 0 heterocycles. The summed E-state index contributed by atoms with van der Waals surface area (Å²) in [4.78, 5) is 2.43. The van der Waals surface area contributed by atoms with Crippen LogP contribution < -0.4 is 10.2 Å². The zero-order valence-corrected chi connectivity index (χ0v) is 11.0. The van der Waals surface area contributed by atoms with Crippen LogP contribution in [-0.4, -0.2) is 25.7 Å². The van der Waals surface area contributed by atoms with Crippen molar-refractivity contribution in [3.8, 4) is 0 Å². The molecule has 0 aliphatic heterocycles. The molecule has 1 rings (SSSR count). The zero-order valence-electron chi connectivity index (χ0n) is 11.0. The molecule has 0 aliphatic carbocycles. The summed E-state index contributed by atoms with van der Waals surface area (Å²) < 4.78 is 0. The van der Waals surface area contributed by atoms with Crippen molar-refractivity contribution in [2.45, 2.75) is 33.7 Å². The van der Waals surface area contributed by atoms with Gasteiger partial charge in [0.1, 0.15) is 0 Å². The van der Waals surface area contributed by atoms with Crippen LogP contribution in [0.4, 0.5) is 5.69 Å². The van der Waals surface area contributed by atoms with Crippen LogP contribution in [0, 0.1) is 6.92 Å². The average molecular weight is 220 g/mol. The average Bonchev–Trinajstić information content (AvgIpc) is 2.27. The first-order valence-electron chi connectivity index (χ1n) is 6.23. The summed E-state index contributed by atoms with van der Waals surface area (Å²) in [5, 5.41) is 3.46. The van der Waals surface area contributed by atoms with Crippen LogP contribution in [0.1, 0.15) is 26.3 Å². The van der Waals surface area contributed by atoms with Crippen molar-refractivity contribution in [1.29, 1.82) is 0 Å². The molecule has 0 amide bonds. The first-order chi connectivity index (χ1) is 7.69. The normalized spacial score (nSPS) is 12.5. The Morgan fingerprint density at radius 3 is 2.50 bits per heavy atom. The van der Waals surface area contributed by atoms with Crippen molar-refractivity contribution < 1.29 is 0 Å². The van der Waals surface area contributed by atoms with Gasteiger partial charge in [-0.2, -0.15) is 0 Å². The smallest absolute Gasteiger partial charge is 0.0396 e. The SMILES string of the molecule is CCNC(C)CN(CC)c1ccccc1C. The number of nitrogens with one attached hydrogen (secondary N) is 1. The van der Waals surface area contributed by atoms with Crippen LogP contribution in [0.3, 0.4) is 0 Å². The van der Waals surface area contributed by atoms with E-state index in [0.717, 1.165) is 19.6 Å². The van der Waals surface area contributed by atoms with Crippen LogP contribution in [0.25, 0.3) is 0 Å². The van der Waals surface area contributed by atoms with Crippen LogP contribution in [0.15, 0.2) is 24.3 Å². The fourth-order valence-corrected chi connectivity index (χ4v) is 2.06. The monoisotopic (exact) mass is 220 g/mol. The molecule has 0 aliphatic rings. The van der Waals surface area contributed by atoms with Gasteiger partial charge >= 0.3 is 0 Å². The van der Waals surface area contributed by atoms with E-state index in [1.807, 2.05) is 0 Å². The van der Waals surface area contributed by atoms with E-state index >= 15 is 0 Å². The van der Waals surface area contributed by atoms with Crippen molar-refractivity contribution >= 4 is 5.69 Å². The molecule has 16 heavy (non-hydrogen) atoms. The minimum atomic E-state index is 0.532. The van der Waals surface area contributed by atoms with E-state index < -0.39 is 0 Å². The van der Waals surface area contributed by atoms with Gasteiger partial charge in [-0.3, -0.25) is 0 Å². The minimum Gasteiger partial charge on any atom is -0.370 e. The molecule has 1 aromatic rings. The van der Waals surface area contributed by atoms with Crippen molar-refractivity contribution in [1.82, 2.24) is 5.32 Å². The van der Waals surface area contributed by atoms with E-state index in [2.05, 4.69) is 62.2 Å². The highest BCUT2D eigenvalue weighted by molar-refractivity contribution is 5.52. The molecule has 90 valence electrons. The van der Waals surface area contributed by atoms with Gasteiger partial charge < -0.3 is 10.2 Å². The van der Waals surface area contributed by atoms with Crippen LogP contribution in [-0.2, 0) is 0 Å². The number of anilines is 1. The highest BCUT2D eigenvalue weighted by Crippen LogP contribution is 2.19. The lowest BCUT2D eigenvalue weighted by Crippen LogP contribution is -2.39. The second kappa shape index (κ2) is 6.54. The van der Waals surface area contributed by atoms with Crippen molar-refractivity contribution in [3.63, 3.8) is 0 Å². The summed E-state index contributed by atoms with van der Waals surface area (Å²) in [6.45, 7) is 11.9. The Hall–Kier alpha value is -1.02. The van der Waals surface area contributed by atoms with Gasteiger partial charge in [0.2, 0.25) is 0 Å². The summed E-state index contributed by atoms with van der Waals surface area (Å²) in [6.07, 6.45) is 0. The number of rotatable bonds is 6. The lowest BCUT2D eigenvalue weighted by atomic mass is 10.1. The standard InChI is InChI=1S/C14H24N2/c1-5-15-13(4)11-16(6-2)14-10-8-7-9-12(14)3/h7-10,13,15H,5-6,11H2,1-4H3. The molecule has 0 saturated carbocycles. The Labute approximate surface area is 99.7 Å². The highest BCUT2D eigenvalue weighted by Gasteiger charge is 2.09. The molecule has 2 heteroatoms. The summed E-state index contributed by atoms with van der Waals surface area (Å²) in [5.41, 5.74) is 2.71. The molecule has 0 aromatic heterocycles. The third-order valence-corrected chi connectivity index (χ3v) is 2.88. The molecular formula is C14H24N2. The maximum atomic E-state index is 3.46. The summed E-state index contributed by atoms with van der Waals surface area (Å²) in [6, 6.07) is 9.13. The van der Waals surface area contributed by atoms with E-state index in [0.29, 0.717) is 6.04 Å². The zero-order chi connectivity index (χ0) is 12.0. The molecular weight excluding hydrogens is 196 g/mol. The van der Waals surface area contributed by atoms with Crippen molar-refractivity contribution in [2.75, 3.05) is 24.5 Å². The number of aryl methyl sites for hydroxylation is 1. The summed E-state index contributed by atoms with van der Waals surface area (Å²) in [5.74, 6) is 0. The summed E-state index contributed by atoms with van der Waals surface area (Å²) >= 11 is 0. The molecule has 0 saturated heterocycles. The molecule has 1 unspecified atom stereocenters. The second-order valence-corrected chi connectivity index (χ2v) is 4.28. The fourth-order valence-electron chi connectivity index (χ4n) is 2.06. The molecule has 1 aromatic carbocycles. The number of nitrogens with zero attached hydrogens (tertiary/aromatic N) is 1. The minimum absolute atomic E-state index is 0.532. The van der Waals surface area contributed by atoms with Crippen LogP contribution >= 0.6 is 0 Å². The largest absolute Gasteiger partial charge is 0.370 e. The highest BCUT2D eigenvalue weighted by atomic mass is 15.1. The van der Waals surface area contributed by atoms with Crippen LogP contribution in [0.5, 0.6) is 0 Å². The quantitative estimate of drug-likeness (QED) is 0.793.